The molecule has 1 fully saturated rings. The molecule has 1 aliphatic heterocycles. The molecule has 0 bridgehead atoms. The van der Waals surface area contributed by atoms with E-state index in [1.54, 1.807) is 14.0 Å². The summed E-state index contributed by atoms with van der Waals surface area (Å²) >= 11 is 6.80. The highest BCUT2D eigenvalue weighted by Gasteiger charge is 2.35. The van der Waals surface area contributed by atoms with Gasteiger partial charge in [-0.1, -0.05) is 29.9 Å². The normalized spacial score (nSPS) is 25.7. The highest BCUT2D eigenvalue weighted by Crippen LogP contribution is 2.32. The van der Waals surface area contributed by atoms with Gasteiger partial charge in [0.1, 0.15) is 0 Å². The average molecular weight is 325 g/mol. The topological polar surface area (TPSA) is 59.5 Å². The van der Waals surface area contributed by atoms with Gasteiger partial charge < -0.3 is 4.74 Å². The predicted molar refractivity (Wildman–Crippen MR) is 75.2 cm³/mol. The molecule has 1 saturated heterocycles. The number of nitrogens with zero attached hydrogens (tertiary/aromatic N) is 2. The first-order chi connectivity index (χ1) is 8.86. The maximum absolute atomic E-state index is 12.6. The number of aromatic nitrogens is 1. The van der Waals surface area contributed by atoms with Crippen LogP contribution < -0.4 is 0 Å². The standard InChI is InChI=1S/C11H17ClN2O3S2/c1-7-4-5-14(6-9(7)17-3)19(15,16)10-8(2)13-11(12)18-10/h7,9H,4-6H2,1-3H3. The van der Waals surface area contributed by atoms with Gasteiger partial charge in [0.05, 0.1) is 11.8 Å². The lowest BCUT2D eigenvalue weighted by Gasteiger charge is -2.35. The highest BCUT2D eigenvalue weighted by atomic mass is 35.5. The van der Waals surface area contributed by atoms with E-state index in [-0.39, 0.29) is 14.8 Å². The molecule has 1 aromatic rings. The van der Waals surface area contributed by atoms with Gasteiger partial charge in [-0.2, -0.15) is 4.31 Å². The Kier molecular flexibility index (Phi) is 4.52. The summed E-state index contributed by atoms with van der Waals surface area (Å²) in [6.07, 6.45) is 0.732. The second-order valence-corrected chi connectivity index (χ2v) is 8.46. The fourth-order valence-corrected chi connectivity index (χ4v) is 5.58. The van der Waals surface area contributed by atoms with Gasteiger partial charge in [-0.15, -0.1) is 0 Å². The molecule has 0 radical (unpaired) electrons. The molecule has 1 aliphatic rings. The molecule has 19 heavy (non-hydrogen) atoms. The maximum atomic E-state index is 12.6. The van der Waals surface area contributed by atoms with Gasteiger partial charge in [-0.05, 0) is 19.3 Å². The number of rotatable bonds is 3. The summed E-state index contributed by atoms with van der Waals surface area (Å²) in [4.78, 5) is 3.97. The third-order valence-corrected chi connectivity index (χ3v) is 7.17. The van der Waals surface area contributed by atoms with Crippen molar-refractivity contribution in [2.75, 3.05) is 20.2 Å². The highest BCUT2D eigenvalue weighted by molar-refractivity contribution is 7.91. The van der Waals surface area contributed by atoms with Crippen LogP contribution in [0.5, 0.6) is 0 Å². The molecule has 2 rings (SSSR count). The number of thiazole rings is 1. The second kappa shape index (κ2) is 5.65. The van der Waals surface area contributed by atoms with E-state index < -0.39 is 10.0 Å². The maximum Gasteiger partial charge on any atom is 0.254 e. The largest absolute Gasteiger partial charge is 0.380 e. The molecule has 8 heteroatoms. The fourth-order valence-electron chi connectivity index (χ4n) is 2.24. The van der Waals surface area contributed by atoms with Crippen LogP contribution in [0.2, 0.25) is 4.47 Å². The van der Waals surface area contributed by atoms with Crippen LogP contribution in [0.4, 0.5) is 0 Å². The van der Waals surface area contributed by atoms with Crippen LogP contribution in [0.3, 0.4) is 0 Å². The van der Waals surface area contributed by atoms with Crippen molar-refractivity contribution in [3.63, 3.8) is 0 Å². The zero-order valence-electron chi connectivity index (χ0n) is 11.1. The van der Waals surface area contributed by atoms with Crippen LogP contribution in [0, 0.1) is 12.8 Å². The monoisotopic (exact) mass is 324 g/mol. The van der Waals surface area contributed by atoms with Gasteiger partial charge in [0.25, 0.3) is 10.0 Å². The minimum absolute atomic E-state index is 0.0628. The summed E-state index contributed by atoms with van der Waals surface area (Å²) in [5.74, 6) is 0.364. The lowest BCUT2D eigenvalue weighted by atomic mass is 9.97. The van der Waals surface area contributed by atoms with Crippen molar-refractivity contribution in [2.24, 2.45) is 5.92 Å². The van der Waals surface area contributed by atoms with E-state index in [2.05, 4.69) is 11.9 Å². The fraction of sp³-hybridized carbons (Fsp3) is 0.727. The van der Waals surface area contributed by atoms with E-state index in [0.29, 0.717) is 24.7 Å². The molecule has 0 aromatic carbocycles. The number of methoxy groups -OCH3 is 1. The number of sulfonamides is 1. The van der Waals surface area contributed by atoms with Gasteiger partial charge >= 0.3 is 0 Å². The minimum atomic E-state index is -3.51. The van der Waals surface area contributed by atoms with Gasteiger partial charge in [-0.25, -0.2) is 13.4 Å². The quantitative estimate of drug-likeness (QED) is 0.854. The summed E-state index contributed by atoms with van der Waals surface area (Å²) in [5, 5.41) is 0. The van der Waals surface area contributed by atoms with E-state index in [1.165, 1.54) is 4.31 Å². The van der Waals surface area contributed by atoms with Crippen LogP contribution >= 0.6 is 22.9 Å². The Labute approximate surface area is 122 Å². The Bertz CT molecular complexity index is 558. The van der Waals surface area contributed by atoms with Crippen molar-refractivity contribution in [3.8, 4) is 0 Å². The second-order valence-electron chi connectivity index (χ2n) is 4.74. The molecule has 0 aliphatic carbocycles. The molecular formula is C11H17ClN2O3S2. The zero-order valence-corrected chi connectivity index (χ0v) is 13.5. The smallest absolute Gasteiger partial charge is 0.254 e. The Morgan fingerprint density at radius 3 is 2.74 bits per heavy atom. The first-order valence-electron chi connectivity index (χ1n) is 6.02. The molecule has 0 N–H and O–H groups in total. The molecule has 2 atom stereocenters. The number of hydrogen-bond acceptors (Lipinski definition) is 5. The van der Waals surface area contributed by atoms with Gasteiger partial charge in [0, 0.05) is 20.2 Å². The van der Waals surface area contributed by atoms with Crippen molar-refractivity contribution in [1.82, 2.24) is 9.29 Å². The number of halogens is 1. The van der Waals surface area contributed by atoms with E-state index in [1.807, 2.05) is 0 Å². The van der Waals surface area contributed by atoms with E-state index in [9.17, 15) is 8.42 Å². The summed E-state index contributed by atoms with van der Waals surface area (Å²) < 4.78 is 32.5. The molecular weight excluding hydrogens is 308 g/mol. The van der Waals surface area contributed by atoms with E-state index in [4.69, 9.17) is 16.3 Å². The number of ether oxygens (including phenoxy) is 1. The first-order valence-corrected chi connectivity index (χ1v) is 8.65. The van der Waals surface area contributed by atoms with Crippen LogP contribution in [-0.2, 0) is 14.8 Å². The van der Waals surface area contributed by atoms with Crippen LogP contribution in [-0.4, -0.2) is 44.0 Å². The molecule has 0 amide bonds. The van der Waals surface area contributed by atoms with Crippen molar-refractivity contribution in [2.45, 2.75) is 30.6 Å². The third-order valence-electron chi connectivity index (χ3n) is 3.46. The van der Waals surface area contributed by atoms with Crippen molar-refractivity contribution in [1.29, 1.82) is 0 Å². The van der Waals surface area contributed by atoms with Crippen LogP contribution in [0.15, 0.2) is 4.21 Å². The summed E-state index contributed by atoms with van der Waals surface area (Å²) in [7, 11) is -1.90. The SMILES string of the molecule is COC1CN(S(=O)(=O)c2sc(Cl)nc2C)CCC1C. The van der Waals surface area contributed by atoms with Crippen LogP contribution in [0.25, 0.3) is 0 Å². The van der Waals surface area contributed by atoms with Gasteiger partial charge in [0.15, 0.2) is 8.68 Å². The predicted octanol–water partition coefficient (Wildman–Crippen LogP) is 2.15. The van der Waals surface area contributed by atoms with Gasteiger partial charge in [-0.3, -0.25) is 0 Å². The van der Waals surface area contributed by atoms with Crippen molar-refractivity contribution in [3.05, 3.63) is 10.2 Å². The molecule has 2 unspecified atom stereocenters. The minimum Gasteiger partial charge on any atom is -0.380 e. The van der Waals surface area contributed by atoms with E-state index >= 15 is 0 Å². The van der Waals surface area contributed by atoms with E-state index in [0.717, 1.165) is 17.8 Å². The molecule has 5 nitrogen and oxygen atoms in total. The molecule has 0 saturated carbocycles. The molecule has 2 heterocycles. The number of hydrogen-bond donors (Lipinski definition) is 0. The Hall–Kier alpha value is -0.210. The van der Waals surface area contributed by atoms with Crippen molar-refractivity contribution >= 4 is 33.0 Å². The first kappa shape index (κ1) is 15.2. The van der Waals surface area contributed by atoms with Crippen molar-refractivity contribution < 1.29 is 13.2 Å². The number of aryl methyl sites for hydroxylation is 1. The summed E-state index contributed by atoms with van der Waals surface area (Å²) in [6.45, 7) is 4.63. The summed E-state index contributed by atoms with van der Waals surface area (Å²) in [6, 6.07) is 0. The number of piperidine rings is 1. The molecule has 0 spiro atoms. The molecule has 1 aromatic heterocycles. The average Bonchev–Trinajstić information content (AvgIpc) is 2.69. The lowest BCUT2D eigenvalue weighted by Crippen LogP contribution is -2.46. The Morgan fingerprint density at radius 2 is 2.21 bits per heavy atom. The summed E-state index contributed by atoms with van der Waals surface area (Å²) in [5.41, 5.74) is 0.461. The Balaban J connectivity index is 2.28. The Morgan fingerprint density at radius 1 is 1.53 bits per heavy atom. The lowest BCUT2D eigenvalue weighted by molar-refractivity contribution is 0.0184. The zero-order chi connectivity index (χ0) is 14.2. The third kappa shape index (κ3) is 2.95. The van der Waals surface area contributed by atoms with Gasteiger partial charge in [0.2, 0.25) is 0 Å². The molecule has 108 valence electrons. The van der Waals surface area contributed by atoms with Crippen LogP contribution in [0.1, 0.15) is 19.0 Å².